The lowest BCUT2D eigenvalue weighted by atomic mass is 10.1. The van der Waals surface area contributed by atoms with Crippen molar-refractivity contribution in [2.75, 3.05) is 6.54 Å². The third kappa shape index (κ3) is 4.55. The van der Waals surface area contributed by atoms with Crippen molar-refractivity contribution < 1.29 is 19.5 Å². The predicted molar refractivity (Wildman–Crippen MR) is 120 cm³/mol. The van der Waals surface area contributed by atoms with E-state index in [9.17, 15) is 24.8 Å². The molecule has 1 saturated heterocycles. The molecule has 1 aliphatic heterocycles. The van der Waals surface area contributed by atoms with E-state index in [4.69, 9.17) is 0 Å². The van der Waals surface area contributed by atoms with Crippen LogP contribution in [-0.4, -0.2) is 45.4 Å². The molecule has 1 atom stereocenters. The Morgan fingerprint density at radius 1 is 1.12 bits per heavy atom. The number of carbonyl (C=O) groups excluding carboxylic acids is 3. The summed E-state index contributed by atoms with van der Waals surface area (Å²) < 4.78 is 0. The normalized spacial score (nSPS) is 16.3. The number of aliphatic hydroxyl groups is 1. The molecular formula is C24H21N5O4. The zero-order valence-corrected chi connectivity index (χ0v) is 17.5. The molecule has 1 unspecified atom stereocenters. The summed E-state index contributed by atoms with van der Waals surface area (Å²) in [5, 5.41) is 25.8. The highest BCUT2D eigenvalue weighted by Gasteiger charge is 2.39. The Bertz CT molecular complexity index is 1290. The van der Waals surface area contributed by atoms with Crippen molar-refractivity contribution in [3.63, 3.8) is 0 Å². The standard InChI is InChI=1S/C24H21N5O4/c25-11-18(22(31)27-12-15-6-2-1-3-7-15)21(30)14-29-23(32)20(28-24(29)33)10-16-13-26-19-9-5-4-8-17(16)19/h1-9,13,20,26,30H,10,12,14H2,(H,27,31)(H,28,33). The Morgan fingerprint density at radius 2 is 1.85 bits per heavy atom. The van der Waals surface area contributed by atoms with Crippen LogP contribution in [0.3, 0.4) is 0 Å². The average molecular weight is 443 g/mol. The molecule has 0 radical (unpaired) electrons. The first kappa shape index (κ1) is 21.6. The second-order valence-corrected chi connectivity index (χ2v) is 7.59. The highest BCUT2D eigenvalue weighted by atomic mass is 16.3. The van der Waals surface area contributed by atoms with Gasteiger partial charge in [-0.15, -0.1) is 0 Å². The Morgan fingerprint density at radius 3 is 2.61 bits per heavy atom. The lowest BCUT2D eigenvalue weighted by Crippen LogP contribution is -2.35. The van der Waals surface area contributed by atoms with Gasteiger partial charge in [0, 0.05) is 30.1 Å². The largest absolute Gasteiger partial charge is 0.509 e. The van der Waals surface area contributed by atoms with E-state index >= 15 is 0 Å². The summed E-state index contributed by atoms with van der Waals surface area (Å²) in [6.07, 6.45) is 2.05. The average Bonchev–Trinajstić information content (AvgIpc) is 3.35. The van der Waals surface area contributed by atoms with Gasteiger partial charge in [0.25, 0.3) is 11.8 Å². The van der Waals surface area contributed by atoms with Gasteiger partial charge in [0.1, 0.15) is 17.9 Å². The van der Waals surface area contributed by atoms with Gasteiger partial charge in [-0.3, -0.25) is 14.5 Å². The minimum Gasteiger partial charge on any atom is -0.509 e. The third-order valence-corrected chi connectivity index (χ3v) is 5.44. The maximum Gasteiger partial charge on any atom is 0.325 e. The second-order valence-electron chi connectivity index (χ2n) is 7.59. The van der Waals surface area contributed by atoms with Crippen LogP contribution in [-0.2, 0) is 22.6 Å². The quantitative estimate of drug-likeness (QED) is 0.192. The fourth-order valence-corrected chi connectivity index (χ4v) is 3.73. The fourth-order valence-electron chi connectivity index (χ4n) is 3.73. The molecule has 4 amide bonds. The smallest absolute Gasteiger partial charge is 0.325 e. The maximum absolute atomic E-state index is 12.8. The van der Waals surface area contributed by atoms with Crippen LogP contribution in [0.15, 0.2) is 72.1 Å². The SMILES string of the molecule is N#CC(C(=O)NCc1ccccc1)=C(O)CN1C(=O)NC(Cc2c[nH]c3ccccc23)C1=O. The molecule has 1 aliphatic rings. The van der Waals surface area contributed by atoms with Gasteiger partial charge >= 0.3 is 6.03 Å². The summed E-state index contributed by atoms with van der Waals surface area (Å²) in [5.74, 6) is -1.99. The number of amides is 4. The Kier molecular flexibility index (Phi) is 6.09. The number of aromatic amines is 1. The highest BCUT2D eigenvalue weighted by molar-refractivity contribution is 6.05. The molecule has 1 fully saturated rings. The number of benzene rings is 2. The zero-order valence-electron chi connectivity index (χ0n) is 17.5. The van der Waals surface area contributed by atoms with Gasteiger partial charge in [0.2, 0.25) is 0 Å². The van der Waals surface area contributed by atoms with Gasteiger partial charge in [-0.05, 0) is 17.2 Å². The number of nitrogens with one attached hydrogen (secondary N) is 3. The lowest BCUT2D eigenvalue weighted by molar-refractivity contribution is -0.127. The number of aromatic nitrogens is 1. The van der Waals surface area contributed by atoms with E-state index in [1.807, 2.05) is 42.5 Å². The number of hydrogen-bond acceptors (Lipinski definition) is 5. The Labute approximate surface area is 189 Å². The lowest BCUT2D eigenvalue weighted by Gasteiger charge is -2.13. The van der Waals surface area contributed by atoms with Crippen molar-refractivity contribution in [2.45, 2.75) is 19.0 Å². The number of rotatable bonds is 7. The molecule has 4 rings (SSSR count). The molecule has 0 aliphatic carbocycles. The van der Waals surface area contributed by atoms with Crippen molar-refractivity contribution in [1.29, 1.82) is 5.26 Å². The van der Waals surface area contributed by atoms with E-state index < -0.39 is 41.8 Å². The summed E-state index contributed by atoms with van der Waals surface area (Å²) >= 11 is 0. The number of urea groups is 1. The molecule has 9 nitrogen and oxygen atoms in total. The Balaban J connectivity index is 1.44. The highest BCUT2D eigenvalue weighted by Crippen LogP contribution is 2.21. The first-order chi connectivity index (χ1) is 16.0. The van der Waals surface area contributed by atoms with E-state index in [0.717, 1.165) is 26.9 Å². The fraction of sp³-hybridized carbons (Fsp3) is 0.167. The zero-order chi connectivity index (χ0) is 23.4. The first-order valence-corrected chi connectivity index (χ1v) is 10.3. The summed E-state index contributed by atoms with van der Waals surface area (Å²) in [4.78, 5) is 41.5. The van der Waals surface area contributed by atoms with Crippen LogP contribution in [0, 0.1) is 11.3 Å². The molecule has 0 bridgehead atoms. The number of fused-ring (bicyclic) bond motifs is 1. The molecule has 0 spiro atoms. The van der Waals surface area contributed by atoms with E-state index in [2.05, 4.69) is 15.6 Å². The van der Waals surface area contributed by atoms with Crippen molar-refractivity contribution >= 4 is 28.7 Å². The molecule has 33 heavy (non-hydrogen) atoms. The summed E-state index contributed by atoms with van der Waals surface area (Å²) in [6, 6.07) is 16.8. The van der Waals surface area contributed by atoms with Crippen LogP contribution in [0.2, 0.25) is 0 Å². The minimum absolute atomic E-state index is 0.161. The van der Waals surface area contributed by atoms with Crippen molar-refractivity contribution in [3.05, 3.63) is 83.3 Å². The van der Waals surface area contributed by atoms with Crippen LogP contribution in [0.25, 0.3) is 10.9 Å². The number of aliphatic hydroxyl groups excluding tert-OH is 1. The summed E-state index contributed by atoms with van der Waals surface area (Å²) in [6.45, 7) is -0.412. The van der Waals surface area contributed by atoms with E-state index in [0.29, 0.717) is 0 Å². The molecule has 2 heterocycles. The number of carbonyl (C=O) groups is 3. The van der Waals surface area contributed by atoms with Gasteiger partial charge < -0.3 is 20.7 Å². The predicted octanol–water partition coefficient (Wildman–Crippen LogP) is 2.28. The van der Waals surface area contributed by atoms with Crippen molar-refractivity contribution in [1.82, 2.24) is 20.5 Å². The van der Waals surface area contributed by atoms with Crippen LogP contribution < -0.4 is 10.6 Å². The second kappa shape index (κ2) is 9.28. The monoisotopic (exact) mass is 443 g/mol. The molecule has 1 aromatic heterocycles. The van der Waals surface area contributed by atoms with E-state index in [-0.39, 0.29) is 13.0 Å². The number of H-pyrrole nitrogens is 1. The van der Waals surface area contributed by atoms with Crippen LogP contribution >= 0.6 is 0 Å². The molecule has 3 aromatic rings. The number of nitriles is 1. The number of nitrogens with zero attached hydrogens (tertiary/aromatic N) is 2. The van der Waals surface area contributed by atoms with Crippen LogP contribution in [0.5, 0.6) is 0 Å². The number of hydrogen-bond donors (Lipinski definition) is 4. The minimum atomic E-state index is -0.818. The van der Waals surface area contributed by atoms with Gasteiger partial charge in [-0.2, -0.15) is 5.26 Å². The molecular weight excluding hydrogens is 422 g/mol. The number of para-hydroxylation sites is 1. The molecule has 0 saturated carbocycles. The van der Waals surface area contributed by atoms with E-state index in [1.165, 1.54) is 0 Å². The van der Waals surface area contributed by atoms with Gasteiger partial charge in [-0.1, -0.05) is 48.5 Å². The van der Waals surface area contributed by atoms with Gasteiger partial charge in [-0.25, -0.2) is 4.79 Å². The summed E-state index contributed by atoms with van der Waals surface area (Å²) in [7, 11) is 0. The summed E-state index contributed by atoms with van der Waals surface area (Å²) in [5.41, 5.74) is 2.05. The van der Waals surface area contributed by atoms with E-state index in [1.54, 1.807) is 24.4 Å². The maximum atomic E-state index is 12.8. The third-order valence-electron chi connectivity index (χ3n) is 5.44. The van der Waals surface area contributed by atoms with Crippen molar-refractivity contribution in [3.8, 4) is 6.07 Å². The van der Waals surface area contributed by atoms with Crippen LogP contribution in [0.1, 0.15) is 11.1 Å². The molecule has 4 N–H and O–H groups in total. The first-order valence-electron chi connectivity index (χ1n) is 10.3. The van der Waals surface area contributed by atoms with Gasteiger partial charge in [0.05, 0.1) is 6.54 Å². The molecule has 166 valence electrons. The topological polar surface area (TPSA) is 138 Å². The van der Waals surface area contributed by atoms with Crippen LogP contribution in [0.4, 0.5) is 4.79 Å². The van der Waals surface area contributed by atoms with Gasteiger partial charge in [0.15, 0.2) is 5.57 Å². The Hall–Kier alpha value is -4.58. The molecule has 2 aromatic carbocycles. The van der Waals surface area contributed by atoms with Crippen molar-refractivity contribution in [2.24, 2.45) is 0 Å². The number of imide groups is 1. The molecule has 9 heteroatoms.